The zero-order valence-electron chi connectivity index (χ0n) is 11.7. The smallest absolute Gasteiger partial charge is 0.325 e. The van der Waals surface area contributed by atoms with E-state index in [1.165, 1.54) is 6.92 Å². The number of urea groups is 1. The molecule has 0 aromatic carbocycles. The molecule has 1 unspecified atom stereocenters. The first-order valence-electron chi connectivity index (χ1n) is 6.43. The first kappa shape index (κ1) is 15.7. The molecule has 21 heavy (non-hydrogen) atoms. The third-order valence-electron chi connectivity index (χ3n) is 3.93. The fraction of sp³-hybridized carbons (Fsp3) is 0.727. The third-order valence-corrected chi connectivity index (χ3v) is 6.10. The Kier molecular flexibility index (Phi) is 3.93. The quantitative estimate of drug-likeness (QED) is 0.485. The van der Waals surface area contributed by atoms with Gasteiger partial charge in [-0.2, -0.15) is 0 Å². The van der Waals surface area contributed by atoms with Gasteiger partial charge in [-0.25, -0.2) is 17.5 Å². The number of imide groups is 1. The topological polar surface area (TPSA) is 122 Å². The van der Waals surface area contributed by atoms with Crippen LogP contribution in [-0.2, 0) is 24.3 Å². The Morgan fingerprint density at radius 1 is 1.33 bits per heavy atom. The van der Waals surface area contributed by atoms with Crippen LogP contribution in [0, 0.1) is 0 Å². The number of rotatable bonds is 3. The van der Waals surface area contributed by atoms with Gasteiger partial charge in [0.2, 0.25) is 10.0 Å². The lowest BCUT2D eigenvalue weighted by Gasteiger charge is -2.36. The number of hydrogen-bond donors (Lipinski definition) is 2. The van der Waals surface area contributed by atoms with E-state index in [0.717, 1.165) is 11.4 Å². The van der Waals surface area contributed by atoms with Crippen molar-refractivity contribution in [1.82, 2.24) is 14.9 Å². The minimum absolute atomic E-state index is 0.0529. The lowest BCUT2D eigenvalue weighted by molar-refractivity contribution is -0.139. The van der Waals surface area contributed by atoms with Crippen LogP contribution in [0.1, 0.15) is 19.8 Å². The predicted octanol–water partition coefficient (Wildman–Crippen LogP) is -1.45. The van der Waals surface area contributed by atoms with Crippen molar-refractivity contribution in [1.29, 1.82) is 0 Å². The highest BCUT2D eigenvalue weighted by atomic mass is 32.2. The molecular weight excluding hydrogens is 302 g/mol. The van der Waals surface area contributed by atoms with E-state index in [4.69, 9.17) is 0 Å². The van der Waals surface area contributed by atoms with E-state index >= 15 is 0 Å². The minimum Gasteiger partial charge on any atom is -0.468 e. The first-order valence-corrected chi connectivity index (χ1v) is 7.94. The van der Waals surface area contributed by atoms with Gasteiger partial charge in [0.15, 0.2) is 5.25 Å². The van der Waals surface area contributed by atoms with Crippen LogP contribution < -0.4 is 10.6 Å². The van der Waals surface area contributed by atoms with Crippen molar-refractivity contribution in [3.05, 3.63) is 0 Å². The molecule has 2 N–H and O–H groups in total. The molecule has 0 aromatic rings. The van der Waals surface area contributed by atoms with E-state index in [9.17, 15) is 22.8 Å². The number of carbonyl (C=O) groups excluding carboxylic acids is 3. The molecule has 2 fully saturated rings. The number of piperidine rings is 1. The number of sulfonamides is 1. The maximum Gasteiger partial charge on any atom is 0.325 e. The summed E-state index contributed by atoms with van der Waals surface area (Å²) in [6.45, 7) is 1.37. The Bertz CT molecular complexity index is 579. The average molecular weight is 319 g/mol. The molecule has 0 saturated carbocycles. The van der Waals surface area contributed by atoms with Crippen molar-refractivity contribution >= 4 is 27.9 Å². The Hall–Kier alpha value is -1.68. The summed E-state index contributed by atoms with van der Waals surface area (Å²) in [6, 6.07) is -0.570. The Labute approximate surface area is 122 Å². The second-order valence-corrected chi connectivity index (χ2v) is 7.35. The van der Waals surface area contributed by atoms with Crippen LogP contribution in [0.4, 0.5) is 4.79 Å². The normalized spacial score (nSPS) is 23.5. The van der Waals surface area contributed by atoms with Crippen molar-refractivity contribution in [2.45, 2.75) is 30.6 Å². The van der Waals surface area contributed by atoms with Crippen molar-refractivity contribution in [3.8, 4) is 0 Å². The highest BCUT2D eigenvalue weighted by molar-refractivity contribution is 7.90. The van der Waals surface area contributed by atoms with Gasteiger partial charge in [0, 0.05) is 13.1 Å². The number of ether oxygens (including phenoxy) is 1. The minimum atomic E-state index is -3.84. The van der Waals surface area contributed by atoms with Gasteiger partial charge in [0.05, 0.1) is 7.11 Å². The van der Waals surface area contributed by atoms with E-state index in [0.29, 0.717) is 0 Å². The molecule has 0 radical (unpaired) electrons. The van der Waals surface area contributed by atoms with Crippen molar-refractivity contribution < 1.29 is 27.5 Å². The first-order chi connectivity index (χ1) is 9.73. The van der Waals surface area contributed by atoms with Gasteiger partial charge in [0.1, 0.15) is 5.54 Å². The molecule has 0 aromatic heterocycles. The van der Waals surface area contributed by atoms with Crippen LogP contribution >= 0.6 is 0 Å². The van der Waals surface area contributed by atoms with Gasteiger partial charge < -0.3 is 10.1 Å². The van der Waals surface area contributed by atoms with Crippen LogP contribution in [0.3, 0.4) is 0 Å². The third kappa shape index (κ3) is 2.60. The number of esters is 1. The summed E-state index contributed by atoms with van der Waals surface area (Å²) in [5.74, 6) is -1.27. The summed E-state index contributed by atoms with van der Waals surface area (Å²) in [5, 5.41) is 3.39. The Balaban J connectivity index is 2.09. The van der Waals surface area contributed by atoms with Crippen LogP contribution in [0.25, 0.3) is 0 Å². The molecule has 3 amide bonds. The van der Waals surface area contributed by atoms with Crippen LogP contribution in [0.2, 0.25) is 0 Å². The molecule has 2 aliphatic rings. The molecule has 9 nitrogen and oxygen atoms in total. The molecule has 1 atom stereocenters. The number of methoxy groups -OCH3 is 1. The summed E-state index contributed by atoms with van der Waals surface area (Å²) in [6.07, 6.45) is 0.329. The molecule has 2 saturated heterocycles. The summed E-state index contributed by atoms with van der Waals surface area (Å²) in [5.41, 5.74) is -1.04. The number of carbonyl (C=O) groups is 3. The van der Waals surface area contributed by atoms with E-state index in [1.807, 2.05) is 0 Å². The van der Waals surface area contributed by atoms with Gasteiger partial charge in [-0.3, -0.25) is 14.9 Å². The van der Waals surface area contributed by atoms with Gasteiger partial charge in [0.25, 0.3) is 5.91 Å². The fourth-order valence-corrected chi connectivity index (χ4v) is 3.99. The van der Waals surface area contributed by atoms with Crippen molar-refractivity contribution in [3.63, 3.8) is 0 Å². The molecule has 10 heteroatoms. The average Bonchev–Trinajstić information content (AvgIpc) is 2.71. The van der Waals surface area contributed by atoms with Crippen LogP contribution in [-0.4, -0.2) is 61.6 Å². The highest BCUT2D eigenvalue weighted by Gasteiger charge is 2.50. The molecule has 2 rings (SSSR count). The monoisotopic (exact) mass is 319 g/mol. The SMILES string of the molecule is COC(=O)C(C)S(=O)(=O)N1CCC2(CC1)NC(=O)NC2=O. The fourth-order valence-electron chi connectivity index (χ4n) is 2.51. The van der Waals surface area contributed by atoms with Crippen molar-refractivity contribution in [2.24, 2.45) is 0 Å². The summed E-state index contributed by atoms with van der Waals surface area (Å²) < 4.78 is 30.1. The van der Waals surface area contributed by atoms with E-state index in [1.54, 1.807) is 0 Å². The maximum absolute atomic E-state index is 12.3. The Morgan fingerprint density at radius 2 is 1.90 bits per heavy atom. The second kappa shape index (κ2) is 5.26. The molecule has 2 aliphatic heterocycles. The molecule has 0 bridgehead atoms. The Morgan fingerprint density at radius 3 is 2.33 bits per heavy atom. The van der Waals surface area contributed by atoms with Gasteiger partial charge in [-0.05, 0) is 19.8 Å². The summed E-state index contributed by atoms with van der Waals surface area (Å²) in [4.78, 5) is 34.4. The van der Waals surface area contributed by atoms with E-state index in [2.05, 4.69) is 15.4 Å². The van der Waals surface area contributed by atoms with E-state index in [-0.39, 0.29) is 25.9 Å². The molecule has 118 valence electrons. The molecular formula is C11H17N3O6S. The predicted molar refractivity (Wildman–Crippen MR) is 70.6 cm³/mol. The van der Waals surface area contributed by atoms with Crippen LogP contribution in [0.15, 0.2) is 0 Å². The number of nitrogens with zero attached hydrogens (tertiary/aromatic N) is 1. The zero-order valence-corrected chi connectivity index (χ0v) is 12.5. The molecule has 1 spiro atoms. The van der Waals surface area contributed by atoms with E-state index < -0.39 is 38.7 Å². The zero-order chi connectivity index (χ0) is 15.8. The lowest BCUT2D eigenvalue weighted by Crippen LogP contribution is -2.57. The lowest BCUT2D eigenvalue weighted by atomic mass is 9.89. The highest BCUT2D eigenvalue weighted by Crippen LogP contribution is 2.28. The largest absolute Gasteiger partial charge is 0.468 e. The number of amides is 3. The number of hydrogen-bond acceptors (Lipinski definition) is 6. The summed E-state index contributed by atoms with van der Waals surface area (Å²) >= 11 is 0. The standard InChI is InChI=1S/C11H17N3O6S/c1-7(8(15)20-2)21(18,19)14-5-3-11(4-6-14)9(16)12-10(17)13-11/h7H,3-6H2,1-2H3,(H2,12,13,16,17). The van der Waals surface area contributed by atoms with Crippen LogP contribution in [0.5, 0.6) is 0 Å². The number of nitrogens with one attached hydrogen (secondary N) is 2. The maximum atomic E-state index is 12.3. The van der Waals surface area contributed by atoms with Gasteiger partial charge in [-0.15, -0.1) is 0 Å². The summed E-state index contributed by atoms with van der Waals surface area (Å²) in [7, 11) is -2.71. The molecule has 2 heterocycles. The van der Waals surface area contributed by atoms with Gasteiger partial charge >= 0.3 is 12.0 Å². The van der Waals surface area contributed by atoms with Gasteiger partial charge in [-0.1, -0.05) is 0 Å². The second-order valence-electron chi connectivity index (χ2n) is 5.10. The molecule has 0 aliphatic carbocycles. The van der Waals surface area contributed by atoms with Crippen molar-refractivity contribution in [2.75, 3.05) is 20.2 Å².